The molecule has 1 N–H and O–H groups in total. The van der Waals surface area contributed by atoms with E-state index in [9.17, 15) is 4.79 Å². The maximum absolute atomic E-state index is 12.0. The highest BCUT2D eigenvalue weighted by Gasteiger charge is 2.28. The number of piperidine rings is 1. The third-order valence-corrected chi connectivity index (χ3v) is 7.49. The summed E-state index contributed by atoms with van der Waals surface area (Å²) in [7, 11) is 1.40. The van der Waals surface area contributed by atoms with Crippen LogP contribution in [0.4, 0.5) is 16.3 Å². The summed E-state index contributed by atoms with van der Waals surface area (Å²) >= 11 is 0. The Labute approximate surface area is 248 Å². The SMILES string of the molecule is COC(=O)N1CCC(n2ncc3c(N4CCOCC4)nc(-c4ccc(N/C(=N/C#N)Oc5ccccc5)cc4)nc32)CC1. The topological polar surface area (TPSA) is 143 Å². The summed E-state index contributed by atoms with van der Waals surface area (Å²) in [5, 5.41) is 17.8. The minimum absolute atomic E-state index is 0.0656. The van der Waals surface area contributed by atoms with Gasteiger partial charge < -0.3 is 29.3 Å². The van der Waals surface area contributed by atoms with Gasteiger partial charge in [-0.2, -0.15) is 10.4 Å². The summed E-state index contributed by atoms with van der Waals surface area (Å²) in [6.07, 6.45) is 4.80. The number of hydrogen-bond acceptors (Lipinski definition) is 10. The molecule has 0 bridgehead atoms. The number of ether oxygens (including phenoxy) is 3. The van der Waals surface area contributed by atoms with Gasteiger partial charge in [-0.25, -0.2) is 19.4 Å². The number of likely N-dealkylation sites (tertiary alicyclic amines) is 1. The molecule has 13 heteroatoms. The van der Waals surface area contributed by atoms with Crippen molar-refractivity contribution in [1.29, 1.82) is 5.26 Å². The van der Waals surface area contributed by atoms with E-state index in [1.165, 1.54) is 7.11 Å². The Kier molecular flexibility index (Phi) is 8.28. The van der Waals surface area contributed by atoms with Gasteiger partial charge in [-0.05, 0) is 49.2 Å². The van der Waals surface area contributed by atoms with Crippen molar-refractivity contribution >= 4 is 34.7 Å². The summed E-state index contributed by atoms with van der Waals surface area (Å²) in [4.78, 5) is 29.7. The van der Waals surface area contributed by atoms with Crippen LogP contribution in [0.5, 0.6) is 5.75 Å². The predicted molar refractivity (Wildman–Crippen MR) is 160 cm³/mol. The molecule has 2 saturated heterocycles. The molecule has 0 saturated carbocycles. The number of fused-ring (bicyclic) bond motifs is 1. The highest BCUT2D eigenvalue weighted by Crippen LogP contribution is 2.32. The van der Waals surface area contributed by atoms with Crippen LogP contribution in [0.15, 0.2) is 65.8 Å². The molecule has 4 heterocycles. The van der Waals surface area contributed by atoms with Crippen LogP contribution in [0.3, 0.4) is 0 Å². The van der Waals surface area contributed by atoms with Gasteiger partial charge in [0, 0.05) is 37.4 Å². The molecule has 43 heavy (non-hydrogen) atoms. The number of benzene rings is 2. The van der Waals surface area contributed by atoms with Crippen LogP contribution < -0.4 is 15.0 Å². The minimum atomic E-state index is -0.307. The van der Waals surface area contributed by atoms with Crippen molar-refractivity contribution in [3.8, 4) is 23.3 Å². The van der Waals surface area contributed by atoms with E-state index >= 15 is 0 Å². The van der Waals surface area contributed by atoms with Crippen molar-refractivity contribution in [3.63, 3.8) is 0 Å². The maximum atomic E-state index is 12.0. The first kappa shape index (κ1) is 27.9. The van der Waals surface area contributed by atoms with Crippen molar-refractivity contribution in [1.82, 2.24) is 24.6 Å². The van der Waals surface area contributed by atoms with Gasteiger partial charge in [-0.15, -0.1) is 4.99 Å². The third-order valence-electron chi connectivity index (χ3n) is 7.49. The van der Waals surface area contributed by atoms with Gasteiger partial charge in [0.15, 0.2) is 11.5 Å². The van der Waals surface area contributed by atoms with Gasteiger partial charge in [0.25, 0.3) is 0 Å². The fourth-order valence-electron chi connectivity index (χ4n) is 5.29. The average molecular weight is 582 g/mol. The lowest BCUT2D eigenvalue weighted by Crippen LogP contribution is -2.39. The summed E-state index contributed by atoms with van der Waals surface area (Å²) in [6, 6.07) is 16.8. The predicted octanol–water partition coefficient (Wildman–Crippen LogP) is 4.06. The van der Waals surface area contributed by atoms with Crippen LogP contribution in [0.2, 0.25) is 0 Å². The van der Waals surface area contributed by atoms with Crippen LogP contribution in [0.25, 0.3) is 22.4 Å². The highest BCUT2D eigenvalue weighted by molar-refractivity contribution is 5.92. The molecule has 6 rings (SSSR count). The number of carbonyl (C=O) groups is 1. The number of hydrogen-bond donors (Lipinski definition) is 1. The number of amides is 1. The molecule has 2 fully saturated rings. The fraction of sp³-hybridized carbons (Fsp3) is 0.333. The smallest absolute Gasteiger partial charge is 0.409 e. The number of para-hydroxylation sites is 1. The Morgan fingerprint density at radius 2 is 1.79 bits per heavy atom. The minimum Gasteiger partial charge on any atom is -0.453 e. The summed E-state index contributed by atoms with van der Waals surface area (Å²) in [6.45, 7) is 3.87. The lowest BCUT2D eigenvalue weighted by molar-refractivity contribution is 0.106. The number of morpholine rings is 1. The molecule has 13 nitrogen and oxygen atoms in total. The monoisotopic (exact) mass is 581 g/mol. The number of amidine groups is 1. The summed E-state index contributed by atoms with van der Waals surface area (Å²) < 4.78 is 18.2. The van der Waals surface area contributed by atoms with Crippen molar-refractivity contribution in [3.05, 3.63) is 60.8 Å². The van der Waals surface area contributed by atoms with Gasteiger partial charge in [0.2, 0.25) is 6.19 Å². The molecule has 4 aromatic rings. The zero-order chi connectivity index (χ0) is 29.6. The van der Waals surface area contributed by atoms with Gasteiger partial charge in [0.05, 0.1) is 37.9 Å². The van der Waals surface area contributed by atoms with E-state index in [0.29, 0.717) is 43.6 Å². The molecule has 0 atom stereocenters. The molecule has 2 aromatic heterocycles. The normalized spacial score (nSPS) is 16.1. The van der Waals surface area contributed by atoms with Crippen molar-refractivity contribution in [2.45, 2.75) is 18.9 Å². The first-order valence-corrected chi connectivity index (χ1v) is 14.1. The first-order chi connectivity index (χ1) is 21.1. The lowest BCUT2D eigenvalue weighted by Gasteiger charge is -2.31. The van der Waals surface area contributed by atoms with Crippen molar-refractivity contribution in [2.75, 3.05) is 56.7 Å². The second-order valence-corrected chi connectivity index (χ2v) is 10.1. The number of methoxy groups -OCH3 is 1. The van der Waals surface area contributed by atoms with Crippen LogP contribution >= 0.6 is 0 Å². The van der Waals surface area contributed by atoms with Crippen molar-refractivity contribution in [2.24, 2.45) is 4.99 Å². The Morgan fingerprint density at radius 1 is 1.05 bits per heavy atom. The maximum Gasteiger partial charge on any atom is 0.409 e. The van der Waals surface area contributed by atoms with Gasteiger partial charge >= 0.3 is 12.1 Å². The molecule has 0 radical (unpaired) electrons. The van der Waals surface area contributed by atoms with Gasteiger partial charge in [-0.1, -0.05) is 18.2 Å². The fourth-order valence-corrected chi connectivity index (χ4v) is 5.29. The second kappa shape index (κ2) is 12.7. The largest absolute Gasteiger partial charge is 0.453 e. The van der Waals surface area contributed by atoms with E-state index in [-0.39, 0.29) is 18.2 Å². The van der Waals surface area contributed by atoms with E-state index in [1.807, 2.05) is 53.3 Å². The van der Waals surface area contributed by atoms with Gasteiger partial charge in [-0.3, -0.25) is 0 Å². The van der Waals surface area contributed by atoms with Crippen molar-refractivity contribution < 1.29 is 19.0 Å². The number of nitrogens with one attached hydrogen (secondary N) is 1. The molecule has 0 spiro atoms. The number of rotatable bonds is 5. The zero-order valence-electron chi connectivity index (χ0n) is 23.7. The number of aromatic nitrogens is 4. The number of nitriles is 1. The van der Waals surface area contributed by atoms with E-state index in [0.717, 1.165) is 48.3 Å². The molecule has 0 unspecified atom stereocenters. The number of aliphatic imine (C=N–C) groups is 1. The molecule has 0 aliphatic carbocycles. The first-order valence-electron chi connectivity index (χ1n) is 14.1. The molecule has 2 aliphatic heterocycles. The van der Waals surface area contributed by atoms with E-state index in [2.05, 4.69) is 15.2 Å². The van der Waals surface area contributed by atoms with E-state index < -0.39 is 0 Å². The molecule has 1 amide bonds. The van der Waals surface area contributed by atoms with E-state index in [4.69, 9.17) is 34.5 Å². The molecule has 220 valence electrons. The zero-order valence-corrected chi connectivity index (χ0v) is 23.7. The Hall–Kier alpha value is -5.22. The van der Waals surface area contributed by atoms with Crippen LogP contribution in [-0.4, -0.2) is 83.3 Å². The Morgan fingerprint density at radius 3 is 2.49 bits per heavy atom. The molecular weight excluding hydrogens is 550 g/mol. The van der Waals surface area contributed by atoms with Crippen LogP contribution in [0, 0.1) is 11.5 Å². The van der Waals surface area contributed by atoms with Gasteiger partial charge in [0.1, 0.15) is 11.6 Å². The summed E-state index contributed by atoms with van der Waals surface area (Å²) in [5.74, 6) is 1.95. The van der Waals surface area contributed by atoms with Crippen LogP contribution in [0.1, 0.15) is 18.9 Å². The standard InChI is InChI=1S/C30H31N9O4/c1-41-30(40)38-13-11-23(12-14-38)39-28-25(19-33-39)27(37-15-17-42-18-16-37)35-26(36-28)21-7-9-22(10-8-21)34-29(32-20-31)43-24-5-3-2-4-6-24/h2-10,19,23H,11-18H2,1H3,(H,32,34). The number of anilines is 2. The Bertz CT molecular complexity index is 1640. The Balaban J connectivity index is 1.29. The number of carbonyl (C=O) groups excluding carboxylic acids is 1. The average Bonchev–Trinajstić information content (AvgIpc) is 3.49. The van der Waals surface area contributed by atoms with Crippen LogP contribution in [-0.2, 0) is 9.47 Å². The summed E-state index contributed by atoms with van der Waals surface area (Å²) in [5.41, 5.74) is 2.26. The van der Waals surface area contributed by atoms with E-state index in [1.54, 1.807) is 23.2 Å². The quantitative estimate of drug-likeness (QED) is 0.208. The molecular formula is C30H31N9O4. The third kappa shape index (κ3) is 6.19. The highest BCUT2D eigenvalue weighted by atomic mass is 16.5. The molecule has 2 aliphatic rings. The second-order valence-electron chi connectivity index (χ2n) is 10.1. The number of nitrogens with zero attached hydrogens (tertiary/aromatic N) is 8. The molecule has 2 aromatic carbocycles. The lowest BCUT2D eigenvalue weighted by atomic mass is 10.1.